The number of esters is 2. The number of rotatable bonds is 6. The highest BCUT2D eigenvalue weighted by Crippen LogP contribution is 2.72. The fourth-order valence-electron chi connectivity index (χ4n) is 9.64. The van der Waals surface area contributed by atoms with Gasteiger partial charge in [-0.15, -0.1) is 0 Å². The molecule has 0 aromatic rings. The topological polar surface area (TPSA) is 69.7 Å². The number of carbonyl (C=O) groups is 3. The molecule has 0 N–H and O–H groups in total. The zero-order chi connectivity index (χ0) is 25.8. The van der Waals surface area contributed by atoms with Crippen molar-refractivity contribution >= 4 is 18.2 Å². The molecule has 0 spiro atoms. The van der Waals surface area contributed by atoms with Gasteiger partial charge in [-0.3, -0.25) is 9.59 Å². The summed E-state index contributed by atoms with van der Waals surface area (Å²) in [6.45, 7) is 13.5. The molecule has 0 heterocycles. The Labute approximate surface area is 211 Å². The molecule has 0 radical (unpaired) electrons. The van der Waals surface area contributed by atoms with E-state index in [9.17, 15) is 14.4 Å². The van der Waals surface area contributed by atoms with E-state index in [-0.39, 0.29) is 51.5 Å². The molecule has 35 heavy (non-hydrogen) atoms. The number of fused-ring (bicyclic) bond motifs is 4. The Balaban J connectivity index is 1.70. The van der Waals surface area contributed by atoms with E-state index in [0.717, 1.165) is 57.7 Å². The van der Waals surface area contributed by atoms with Crippen LogP contribution in [0.3, 0.4) is 0 Å². The van der Waals surface area contributed by atoms with Crippen molar-refractivity contribution in [1.29, 1.82) is 0 Å². The van der Waals surface area contributed by atoms with E-state index in [4.69, 9.17) is 9.47 Å². The third-order valence-corrected chi connectivity index (χ3v) is 11.6. The summed E-state index contributed by atoms with van der Waals surface area (Å²) in [6, 6.07) is 0. The molecule has 4 rings (SSSR count). The van der Waals surface area contributed by atoms with E-state index in [1.54, 1.807) is 11.1 Å². The van der Waals surface area contributed by atoms with Crippen molar-refractivity contribution in [3.63, 3.8) is 0 Å². The molecular formula is C30H46O5. The lowest BCUT2D eigenvalue weighted by molar-refractivity contribution is -0.167. The third kappa shape index (κ3) is 3.82. The Morgan fingerprint density at radius 1 is 1.00 bits per heavy atom. The zero-order valence-electron chi connectivity index (χ0n) is 23.0. The minimum absolute atomic E-state index is 0.0147. The van der Waals surface area contributed by atoms with Crippen molar-refractivity contribution in [3.05, 3.63) is 11.1 Å². The van der Waals surface area contributed by atoms with Crippen LogP contribution in [0.4, 0.5) is 0 Å². The highest BCUT2D eigenvalue weighted by atomic mass is 16.5. The molecule has 5 heteroatoms. The summed E-state index contributed by atoms with van der Waals surface area (Å²) in [7, 11) is 1.48. The van der Waals surface area contributed by atoms with Crippen LogP contribution in [0, 0.1) is 39.4 Å². The molecule has 0 saturated heterocycles. The SMILES string of the molecule is COC(=O)[C@@H](CCC=O)[C@@H]1CC[C@]2(C)C3=C(CC[C@@]12C)[C@@]1(C)CC[C@@H](OC(C)=O)C(C)(C)[C@@H]1CC3. The van der Waals surface area contributed by atoms with E-state index in [0.29, 0.717) is 18.8 Å². The summed E-state index contributed by atoms with van der Waals surface area (Å²) < 4.78 is 11.1. The van der Waals surface area contributed by atoms with Gasteiger partial charge in [-0.05, 0) is 85.9 Å². The largest absolute Gasteiger partial charge is 0.469 e. The first-order valence-electron chi connectivity index (χ1n) is 13.8. The van der Waals surface area contributed by atoms with Crippen LogP contribution in [0.25, 0.3) is 0 Å². The number of carbonyl (C=O) groups excluding carboxylic acids is 3. The van der Waals surface area contributed by atoms with Crippen molar-refractivity contribution in [1.82, 2.24) is 0 Å². The first-order chi connectivity index (χ1) is 16.4. The van der Waals surface area contributed by atoms with Gasteiger partial charge in [0.1, 0.15) is 12.4 Å². The molecule has 2 saturated carbocycles. The Hall–Kier alpha value is -1.65. The van der Waals surface area contributed by atoms with Crippen molar-refractivity contribution in [3.8, 4) is 0 Å². The highest BCUT2D eigenvalue weighted by Gasteiger charge is 2.64. The zero-order valence-corrected chi connectivity index (χ0v) is 23.0. The number of methoxy groups -OCH3 is 1. The average Bonchev–Trinajstić information content (AvgIpc) is 3.07. The molecule has 0 aromatic carbocycles. The number of ether oxygens (including phenoxy) is 2. The monoisotopic (exact) mass is 486 g/mol. The molecule has 196 valence electrons. The minimum Gasteiger partial charge on any atom is -0.469 e. The van der Waals surface area contributed by atoms with E-state index < -0.39 is 0 Å². The Morgan fingerprint density at radius 3 is 2.34 bits per heavy atom. The van der Waals surface area contributed by atoms with Gasteiger partial charge in [0.25, 0.3) is 0 Å². The fraction of sp³-hybridized carbons (Fsp3) is 0.833. The average molecular weight is 487 g/mol. The second-order valence-corrected chi connectivity index (χ2v) is 13.2. The van der Waals surface area contributed by atoms with E-state index >= 15 is 0 Å². The lowest BCUT2D eigenvalue weighted by Crippen LogP contribution is -2.56. The van der Waals surface area contributed by atoms with Gasteiger partial charge in [0.2, 0.25) is 0 Å². The van der Waals surface area contributed by atoms with Crippen LogP contribution in [0.5, 0.6) is 0 Å². The van der Waals surface area contributed by atoms with Crippen molar-refractivity contribution in [2.75, 3.05) is 7.11 Å². The number of aldehydes is 1. The minimum atomic E-state index is -0.204. The van der Waals surface area contributed by atoms with Crippen LogP contribution in [0.15, 0.2) is 11.1 Å². The molecule has 4 aliphatic carbocycles. The second-order valence-electron chi connectivity index (χ2n) is 13.2. The standard InChI is InChI=1S/C30H46O5/c1-19(32)35-25-14-15-28(4)22-13-17-29(5)21(20(9-8-18-31)26(33)34-7)12-16-30(29,6)23(22)10-11-24(28)27(25,2)3/h18,20-21,24-25H,8-17H2,1-7H3/t20-,21-,24-,25+,28+,29-,30+/m0/s1. The number of allylic oxidation sites excluding steroid dienone is 2. The first-order valence-corrected chi connectivity index (χ1v) is 13.8. The van der Waals surface area contributed by atoms with Crippen LogP contribution >= 0.6 is 0 Å². The van der Waals surface area contributed by atoms with Crippen LogP contribution in [-0.4, -0.2) is 31.4 Å². The van der Waals surface area contributed by atoms with Crippen LogP contribution in [-0.2, 0) is 23.9 Å². The molecule has 0 amide bonds. The highest BCUT2D eigenvalue weighted by molar-refractivity contribution is 5.73. The maximum absolute atomic E-state index is 12.8. The molecule has 0 unspecified atom stereocenters. The molecule has 0 aliphatic heterocycles. The predicted molar refractivity (Wildman–Crippen MR) is 135 cm³/mol. The van der Waals surface area contributed by atoms with Crippen LogP contribution in [0.1, 0.15) is 106 Å². The summed E-state index contributed by atoms with van der Waals surface area (Å²) in [4.78, 5) is 35.8. The smallest absolute Gasteiger partial charge is 0.308 e. The Kier molecular flexibility index (Phi) is 6.81. The van der Waals surface area contributed by atoms with Gasteiger partial charge in [-0.1, -0.05) is 45.8 Å². The summed E-state index contributed by atoms with van der Waals surface area (Å²) in [5.41, 5.74) is 3.52. The normalized spacial score (nSPS) is 40.7. The van der Waals surface area contributed by atoms with Crippen LogP contribution in [0.2, 0.25) is 0 Å². The van der Waals surface area contributed by atoms with Gasteiger partial charge in [0, 0.05) is 18.8 Å². The first kappa shape index (κ1) is 26.4. The summed E-state index contributed by atoms with van der Waals surface area (Å²) >= 11 is 0. The van der Waals surface area contributed by atoms with E-state index in [2.05, 4.69) is 34.6 Å². The van der Waals surface area contributed by atoms with E-state index in [1.165, 1.54) is 14.0 Å². The van der Waals surface area contributed by atoms with Gasteiger partial charge >= 0.3 is 11.9 Å². The van der Waals surface area contributed by atoms with Gasteiger partial charge in [-0.2, -0.15) is 0 Å². The fourth-order valence-corrected chi connectivity index (χ4v) is 9.64. The van der Waals surface area contributed by atoms with Crippen molar-refractivity contribution in [2.24, 2.45) is 39.4 Å². The molecule has 4 aliphatic rings. The van der Waals surface area contributed by atoms with E-state index in [1.807, 2.05) is 0 Å². The van der Waals surface area contributed by atoms with Gasteiger partial charge in [-0.25, -0.2) is 0 Å². The maximum Gasteiger partial charge on any atom is 0.308 e. The number of hydrogen-bond donors (Lipinski definition) is 0. The number of hydrogen-bond acceptors (Lipinski definition) is 5. The van der Waals surface area contributed by atoms with Crippen LogP contribution < -0.4 is 0 Å². The quantitative estimate of drug-likeness (QED) is 0.246. The lowest BCUT2D eigenvalue weighted by Gasteiger charge is -2.62. The van der Waals surface area contributed by atoms with Crippen molar-refractivity contribution < 1.29 is 23.9 Å². The Morgan fingerprint density at radius 2 is 1.71 bits per heavy atom. The maximum atomic E-state index is 12.8. The summed E-state index contributed by atoms with van der Waals surface area (Å²) in [5, 5.41) is 0. The third-order valence-electron chi connectivity index (χ3n) is 11.6. The molecule has 0 bridgehead atoms. The van der Waals surface area contributed by atoms with Gasteiger partial charge in [0.05, 0.1) is 13.0 Å². The van der Waals surface area contributed by atoms with Gasteiger partial charge in [0.15, 0.2) is 0 Å². The summed E-state index contributed by atoms with van der Waals surface area (Å²) in [6.07, 6.45) is 10.4. The molecule has 0 aromatic heterocycles. The van der Waals surface area contributed by atoms with Gasteiger partial charge < -0.3 is 14.3 Å². The predicted octanol–water partition coefficient (Wildman–Crippen LogP) is 6.44. The Bertz CT molecular complexity index is 918. The molecule has 5 nitrogen and oxygen atoms in total. The lowest BCUT2D eigenvalue weighted by atomic mass is 9.43. The summed E-state index contributed by atoms with van der Waals surface area (Å²) in [5.74, 6) is 0.214. The molecule has 7 atom stereocenters. The molecular weight excluding hydrogens is 440 g/mol. The second kappa shape index (κ2) is 9.03. The van der Waals surface area contributed by atoms with Crippen molar-refractivity contribution in [2.45, 2.75) is 112 Å². The molecule has 2 fully saturated rings.